The fraction of sp³-hybridized carbons (Fsp3) is 1.00. The fourth-order valence-corrected chi connectivity index (χ4v) is 0.250. The average Bonchev–Trinajstić information content (AvgIpc) is 2.04. The molecule has 0 saturated heterocycles. The summed E-state index contributed by atoms with van der Waals surface area (Å²) in [5, 5.41) is 0. The first-order valence-corrected chi connectivity index (χ1v) is 6.06. The molecule has 0 aromatic carbocycles. The van der Waals surface area contributed by atoms with Crippen molar-refractivity contribution in [2.45, 2.75) is 75.2 Å². The van der Waals surface area contributed by atoms with Crippen LogP contribution >= 0.6 is 0 Å². The monoisotopic (exact) mass is 200 g/mol. The standard InChI is InChI=1S/2C7H16/c1-6(2)7(3,4)5;1-5-7(3,4)6-2/h6H,1-5H3;5-6H2,1-4H3. The number of hydrogen-bond acceptors (Lipinski definition) is 0. The van der Waals surface area contributed by atoms with Crippen LogP contribution in [-0.2, 0) is 0 Å². The minimum absolute atomic E-state index is 0.500. The molecule has 0 aromatic rings. The summed E-state index contributed by atoms with van der Waals surface area (Å²) in [7, 11) is 0. The molecule has 0 N–H and O–H groups in total. The predicted octanol–water partition coefficient (Wildman–Crippen LogP) is 5.52. The first kappa shape index (κ1) is 16.4. The normalized spacial score (nSPS) is 12.4. The molecule has 0 heterocycles. The molecular weight excluding hydrogens is 168 g/mol. The van der Waals surface area contributed by atoms with Crippen molar-refractivity contribution in [2.24, 2.45) is 16.7 Å². The van der Waals surface area contributed by atoms with E-state index in [2.05, 4.69) is 62.3 Å². The molecular formula is C14H32. The Balaban J connectivity index is 0. The molecule has 0 heteroatoms. The van der Waals surface area contributed by atoms with Gasteiger partial charge in [-0.3, -0.25) is 0 Å². The summed E-state index contributed by atoms with van der Waals surface area (Å²) in [6, 6.07) is 0. The average molecular weight is 200 g/mol. The molecule has 14 heavy (non-hydrogen) atoms. The number of hydrogen-bond donors (Lipinski definition) is 0. The summed E-state index contributed by atoms with van der Waals surface area (Å²) < 4.78 is 0. The Kier molecular flexibility index (Phi) is 7.60. The van der Waals surface area contributed by atoms with Crippen molar-refractivity contribution in [1.82, 2.24) is 0 Å². The highest BCUT2D eigenvalue weighted by molar-refractivity contribution is 4.64. The largest absolute Gasteiger partial charge is 0.0649 e. The molecule has 0 aliphatic carbocycles. The van der Waals surface area contributed by atoms with Gasteiger partial charge in [0.1, 0.15) is 0 Å². The van der Waals surface area contributed by atoms with Crippen molar-refractivity contribution >= 4 is 0 Å². The maximum atomic E-state index is 2.30. The van der Waals surface area contributed by atoms with Gasteiger partial charge < -0.3 is 0 Å². The molecule has 0 aliphatic rings. The summed E-state index contributed by atoms with van der Waals surface area (Å²) in [4.78, 5) is 0. The Morgan fingerprint density at radius 3 is 1.00 bits per heavy atom. The van der Waals surface area contributed by atoms with Crippen LogP contribution in [0.1, 0.15) is 75.2 Å². The zero-order valence-electron chi connectivity index (χ0n) is 12.0. The van der Waals surface area contributed by atoms with E-state index in [1.165, 1.54) is 12.8 Å². The Bertz CT molecular complexity index is 114. The van der Waals surface area contributed by atoms with Crippen LogP contribution < -0.4 is 0 Å². The van der Waals surface area contributed by atoms with Gasteiger partial charge in [0, 0.05) is 0 Å². The smallest absolute Gasteiger partial charge is 0.0359 e. The Labute approximate surface area is 92.5 Å². The maximum absolute atomic E-state index is 2.30. The van der Waals surface area contributed by atoms with Gasteiger partial charge in [-0.1, -0.05) is 75.2 Å². The van der Waals surface area contributed by atoms with Crippen LogP contribution in [0.2, 0.25) is 0 Å². The minimum Gasteiger partial charge on any atom is -0.0649 e. The van der Waals surface area contributed by atoms with Crippen molar-refractivity contribution in [3.8, 4) is 0 Å². The van der Waals surface area contributed by atoms with Gasteiger partial charge >= 0.3 is 0 Å². The van der Waals surface area contributed by atoms with E-state index in [1.54, 1.807) is 0 Å². The van der Waals surface area contributed by atoms with Crippen molar-refractivity contribution in [2.75, 3.05) is 0 Å². The third-order valence-electron chi connectivity index (χ3n) is 3.65. The molecule has 0 aliphatic heterocycles. The zero-order chi connectivity index (χ0) is 12.0. The van der Waals surface area contributed by atoms with Crippen molar-refractivity contribution in [3.05, 3.63) is 0 Å². The van der Waals surface area contributed by atoms with Crippen LogP contribution in [0.25, 0.3) is 0 Å². The van der Waals surface area contributed by atoms with Gasteiger partial charge in [0.05, 0.1) is 0 Å². The molecule has 0 spiro atoms. The van der Waals surface area contributed by atoms with Gasteiger partial charge in [-0.05, 0) is 16.7 Å². The first-order valence-electron chi connectivity index (χ1n) is 6.06. The second-order valence-corrected chi connectivity index (χ2v) is 6.39. The van der Waals surface area contributed by atoms with E-state index in [0.717, 1.165) is 5.92 Å². The van der Waals surface area contributed by atoms with E-state index in [0.29, 0.717) is 10.8 Å². The molecule has 0 nitrogen and oxygen atoms in total. The van der Waals surface area contributed by atoms with Gasteiger partial charge in [-0.15, -0.1) is 0 Å². The van der Waals surface area contributed by atoms with Gasteiger partial charge in [0.25, 0.3) is 0 Å². The van der Waals surface area contributed by atoms with Crippen LogP contribution in [0.3, 0.4) is 0 Å². The summed E-state index contributed by atoms with van der Waals surface area (Å²) in [5.41, 5.74) is 1.08. The molecule has 0 bridgehead atoms. The Hall–Kier alpha value is 0. The second kappa shape index (κ2) is 6.48. The topological polar surface area (TPSA) is 0 Å². The van der Waals surface area contributed by atoms with Crippen LogP contribution in [0.15, 0.2) is 0 Å². The third kappa shape index (κ3) is 10.1. The van der Waals surface area contributed by atoms with E-state index in [4.69, 9.17) is 0 Å². The molecule has 0 radical (unpaired) electrons. The molecule has 0 amide bonds. The van der Waals surface area contributed by atoms with Crippen molar-refractivity contribution in [1.29, 1.82) is 0 Å². The molecule has 88 valence electrons. The first-order chi connectivity index (χ1) is 6.06. The van der Waals surface area contributed by atoms with Crippen LogP contribution in [0.5, 0.6) is 0 Å². The molecule has 0 atom stereocenters. The second-order valence-electron chi connectivity index (χ2n) is 6.39. The quantitative estimate of drug-likeness (QED) is 0.550. The zero-order valence-corrected chi connectivity index (χ0v) is 12.0. The van der Waals surface area contributed by atoms with Crippen LogP contribution in [-0.4, -0.2) is 0 Å². The lowest BCUT2D eigenvalue weighted by Crippen LogP contribution is -2.12. The summed E-state index contributed by atoms with van der Waals surface area (Å²) in [6.07, 6.45) is 2.59. The third-order valence-corrected chi connectivity index (χ3v) is 3.65. The molecule has 0 fully saturated rings. The lowest BCUT2D eigenvalue weighted by atomic mass is 9.84. The SMILES string of the molecule is CC(C)C(C)(C)C.CCC(C)(C)CC. The molecule has 0 rings (SSSR count). The highest BCUT2D eigenvalue weighted by Gasteiger charge is 2.13. The Morgan fingerprint density at radius 1 is 0.786 bits per heavy atom. The highest BCUT2D eigenvalue weighted by Crippen LogP contribution is 2.23. The van der Waals surface area contributed by atoms with Crippen molar-refractivity contribution < 1.29 is 0 Å². The van der Waals surface area contributed by atoms with E-state index in [9.17, 15) is 0 Å². The summed E-state index contributed by atoms with van der Waals surface area (Å²) in [5.74, 6) is 0.799. The highest BCUT2D eigenvalue weighted by atomic mass is 14.2. The van der Waals surface area contributed by atoms with Gasteiger partial charge in [-0.2, -0.15) is 0 Å². The lowest BCUT2D eigenvalue weighted by Gasteiger charge is -2.22. The predicted molar refractivity (Wildman–Crippen MR) is 68.7 cm³/mol. The van der Waals surface area contributed by atoms with Gasteiger partial charge in [-0.25, -0.2) is 0 Å². The van der Waals surface area contributed by atoms with Crippen LogP contribution in [0.4, 0.5) is 0 Å². The molecule has 0 aromatic heterocycles. The molecule has 0 saturated carbocycles. The molecule has 0 unspecified atom stereocenters. The maximum Gasteiger partial charge on any atom is -0.0359 e. The van der Waals surface area contributed by atoms with Crippen molar-refractivity contribution in [3.63, 3.8) is 0 Å². The fourth-order valence-electron chi connectivity index (χ4n) is 0.250. The number of rotatable bonds is 2. The van der Waals surface area contributed by atoms with Crippen LogP contribution in [0, 0.1) is 16.7 Å². The van der Waals surface area contributed by atoms with Gasteiger partial charge in [0.15, 0.2) is 0 Å². The summed E-state index contributed by atoms with van der Waals surface area (Å²) >= 11 is 0. The minimum atomic E-state index is 0.500. The van der Waals surface area contributed by atoms with E-state index >= 15 is 0 Å². The lowest BCUT2D eigenvalue weighted by molar-refractivity contribution is 0.283. The van der Waals surface area contributed by atoms with Gasteiger partial charge in [0.2, 0.25) is 0 Å². The van der Waals surface area contributed by atoms with E-state index in [1.807, 2.05) is 0 Å². The summed E-state index contributed by atoms with van der Waals surface area (Å²) in [6.45, 7) is 20.4. The Morgan fingerprint density at radius 2 is 1.00 bits per heavy atom. The van der Waals surface area contributed by atoms with E-state index in [-0.39, 0.29) is 0 Å². The van der Waals surface area contributed by atoms with E-state index < -0.39 is 0 Å².